The standard InChI is InChI=1S/C24H24FNO6S/c1-17-6-8-19(25)16-23(17)33(29,30)26-20-9-11-21(12-10-20)31-14-15-32-22-5-3-2-4-18(22)7-13-24(27)28/h2-6,8-12,16,26H,7,13-15H2,1H3,(H,27,28). The van der Waals surface area contributed by atoms with Crippen LogP contribution in [0.25, 0.3) is 0 Å². The highest BCUT2D eigenvalue weighted by molar-refractivity contribution is 7.92. The molecule has 0 aromatic heterocycles. The average Bonchev–Trinajstić information content (AvgIpc) is 2.78. The summed E-state index contributed by atoms with van der Waals surface area (Å²) in [4.78, 5) is 10.7. The van der Waals surface area contributed by atoms with E-state index < -0.39 is 21.8 Å². The van der Waals surface area contributed by atoms with E-state index in [9.17, 15) is 17.6 Å². The summed E-state index contributed by atoms with van der Waals surface area (Å²) in [5.74, 6) is -0.371. The van der Waals surface area contributed by atoms with Gasteiger partial charge in [0.1, 0.15) is 30.5 Å². The Bertz CT molecular complexity index is 1210. The fourth-order valence-electron chi connectivity index (χ4n) is 3.10. The minimum Gasteiger partial charge on any atom is -0.490 e. The molecule has 0 fully saturated rings. The Balaban J connectivity index is 1.53. The maximum atomic E-state index is 13.5. The van der Waals surface area contributed by atoms with Crippen molar-refractivity contribution in [1.82, 2.24) is 0 Å². The van der Waals surface area contributed by atoms with E-state index in [2.05, 4.69) is 4.72 Å². The molecule has 3 aromatic carbocycles. The number of aryl methyl sites for hydroxylation is 2. The predicted molar refractivity (Wildman–Crippen MR) is 122 cm³/mol. The number of benzene rings is 3. The van der Waals surface area contributed by atoms with E-state index in [-0.39, 0.29) is 24.5 Å². The summed E-state index contributed by atoms with van der Waals surface area (Å²) in [7, 11) is -3.93. The Labute approximate surface area is 191 Å². The molecule has 3 aromatic rings. The van der Waals surface area contributed by atoms with Crippen LogP contribution in [0.15, 0.2) is 71.6 Å². The Hall–Kier alpha value is -3.59. The van der Waals surface area contributed by atoms with E-state index in [1.165, 1.54) is 12.1 Å². The molecule has 0 bridgehead atoms. The van der Waals surface area contributed by atoms with Gasteiger partial charge in [-0.1, -0.05) is 24.3 Å². The number of para-hydroxylation sites is 1. The van der Waals surface area contributed by atoms with Crippen LogP contribution in [0.3, 0.4) is 0 Å². The smallest absolute Gasteiger partial charge is 0.303 e. The highest BCUT2D eigenvalue weighted by Gasteiger charge is 2.18. The molecule has 0 amide bonds. The van der Waals surface area contributed by atoms with E-state index in [0.29, 0.717) is 29.2 Å². The zero-order chi connectivity index (χ0) is 23.8. The molecule has 174 valence electrons. The molecule has 9 heteroatoms. The van der Waals surface area contributed by atoms with Gasteiger partial charge in [-0.15, -0.1) is 0 Å². The highest BCUT2D eigenvalue weighted by atomic mass is 32.2. The Morgan fingerprint density at radius 3 is 2.42 bits per heavy atom. The fourth-order valence-corrected chi connectivity index (χ4v) is 4.41. The van der Waals surface area contributed by atoms with Crippen molar-refractivity contribution in [2.75, 3.05) is 17.9 Å². The fraction of sp³-hybridized carbons (Fsp3) is 0.208. The first kappa shape index (κ1) is 24.1. The Morgan fingerprint density at radius 2 is 1.70 bits per heavy atom. The SMILES string of the molecule is Cc1ccc(F)cc1S(=O)(=O)Nc1ccc(OCCOc2ccccc2CCC(=O)O)cc1. The quantitative estimate of drug-likeness (QED) is 0.400. The average molecular weight is 474 g/mol. The summed E-state index contributed by atoms with van der Waals surface area (Å²) >= 11 is 0. The molecule has 33 heavy (non-hydrogen) atoms. The molecular formula is C24H24FNO6S. The number of sulfonamides is 1. The van der Waals surface area contributed by atoms with Crippen LogP contribution in [0, 0.1) is 12.7 Å². The molecule has 0 unspecified atom stereocenters. The van der Waals surface area contributed by atoms with Gasteiger partial charge in [-0.25, -0.2) is 12.8 Å². The summed E-state index contributed by atoms with van der Waals surface area (Å²) in [6, 6.07) is 17.1. The number of aliphatic carboxylic acids is 1. The lowest BCUT2D eigenvalue weighted by Gasteiger charge is -2.13. The van der Waals surface area contributed by atoms with E-state index in [0.717, 1.165) is 11.6 Å². The van der Waals surface area contributed by atoms with Gasteiger partial charge in [0.2, 0.25) is 0 Å². The van der Waals surface area contributed by atoms with Gasteiger partial charge < -0.3 is 14.6 Å². The van der Waals surface area contributed by atoms with Gasteiger partial charge in [-0.3, -0.25) is 9.52 Å². The minimum atomic E-state index is -3.93. The highest BCUT2D eigenvalue weighted by Crippen LogP contribution is 2.23. The van der Waals surface area contributed by atoms with Gasteiger partial charge in [-0.05, 0) is 66.9 Å². The van der Waals surface area contributed by atoms with E-state index >= 15 is 0 Å². The van der Waals surface area contributed by atoms with Crippen LogP contribution >= 0.6 is 0 Å². The van der Waals surface area contributed by atoms with Gasteiger partial charge >= 0.3 is 5.97 Å². The topological polar surface area (TPSA) is 102 Å². The normalized spacial score (nSPS) is 11.1. The molecule has 0 atom stereocenters. The minimum absolute atomic E-state index is 0.0196. The molecule has 0 aliphatic heterocycles. The van der Waals surface area contributed by atoms with Crippen molar-refractivity contribution < 1.29 is 32.2 Å². The number of anilines is 1. The third kappa shape index (κ3) is 6.95. The Morgan fingerprint density at radius 1 is 1.00 bits per heavy atom. The zero-order valence-corrected chi connectivity index (χ0v) is 18.8. The predicted octanol–water partition coefficient (Wildman–Crippen LogP) is 4.41. The van der Waals surface area contributed by atoms with Crippen LogP contribution in [0.1, 0.15) is 17.5 Å². The summed E-state index contributed by atoms with van der Waals surface area (Å²) in [5.41, 5.74) is 1.56. The lowest BCUT2D eigenvalue weighted by atomic mass is 10.1. The second-order valence-corrected chi connectivity index (χ2v) is 8.89. The molecule has 0 spiro atoms. The second kappa shape index (κ2) is 10.8. The number of carbonyl (C=O) groups is 1. The molecule has 0 saturated carbocycles. The number of rotatable bonds is 11. The van der Waals surface area contributed by atoms with Crippen LogP contribution in [-0.4, -0.2) is 32.7 Å². The summed E-state index contributed by atoms with van der Waals surface area (Å²) in [6.07, 6.45) is 0.393. The van der Waals surface area contributed by atoms with Crippen LogP contribution in [0.4, 0.5) is 10.1 Å². The Kier molecular flexibility index (Phi) is 7.89. The third-order valence-corrected chi connectivity index (χ3v) is 6.26. The monoisotopic (exact) mass is 473 g/mol. The number of carboxylic acid groups (broad SMARTS) is 1. The van der Waals surface area contributed by atoms with Crippen LogP contribution < -0.4 is 14.2 Å². The van der Waals surface area contributed by atoms with Crippen molar-refractivity contribution in [3.63, 3.8) is 0 Å². The van der Waals surface area contributed by atoms with Gasteiger partial charge in [0.05, 0.1) is 4.90 Å². The maximum absolute atomic E-state index is 13.5. The van der Waals surface area contributed by atoms with Crippen molar-refractivity contribution in [3.8, 4) is 11.5 Å². The van der Waals surface area contributed by atoms with Crippen LogP contribution in [0.5, 0.6) is 11.5 Å². The van der Waals surface area contributed by atoms with E-state index in [1.54, 1.807) is 37.3 Å². The molecule has 0 aliphatic rings. The lowest BCUT2D eigenvalue weighted by Crippen LogP contribution is -2.14. The number of hydrogen-bond donors (Lipinski definition) is 2. The second-order valence-electron chi connectivity index (χ2n) is 7.24. The number of carboxylic acids is 1. The van der Waals surface area contributed by atoms with Gasteiger partial charge in [0, 0.05) is 12.1 Å². The number of nitrogens with one attached hydrogen (secondary N) is 1. The molecule has 7 nitrogen and oxygen atoms in total. The number of halogens is 1. The summed E-state index contributed by atoms with van der Waals surface area (Å²) in [5, 5.41) is 8.86. The molecule has 2 N–H and O–H groups in total. The van der Waals surface area contributed by atoms with E-state index in [1.807, 2.05) is 18.2 Å². The van der Waals surface area contributed by atoms with Crippen molar-refractivity contribution >= 4 is 21.7 Å². The van der Waals surface area contributed by atoms with Crippen molar-refractivity contribution in [3.05, 3.63) is 83.7 Å². The third-order valence-electron chi connectivity index (χ3n) is 4.74. The largest absolute Gasteiger partial charge is 0.490 e. The van der Waals surface area contributed by atoms with Gasteiger partial charge in [-0.2, -0.15) is 0 Å². The van der Waals surface area contributed by atoms with Gasteiger partial charge in [0.15, 0.2) is 0 Å². The van der Waals surface area contributed by atoms with Crippen molar-refractivity contribution in [2.45, 2.75) is 24.7 Å². The number of ether oxygens (including phenoxy) is 2. The van der Waals surface area contributed by atoms with Crippen molar-refractivity contribution in [2.24, 2.45) is 0 Å². The first-order valence-corrected chi connectivity index (χ1v) is 11.7. The molecular weight excluding hydrogens is 449 g/mol. The molecule has 0 saturated heterocycles. The van der Waals surface area contributed by atoms with Crippen molar-refractivity contribution in [1.29, 1.82) is 0 Å². The lowest BCUT2D eigenvalue weighted by molar-refractivity contribution is -0.136. The molecule has 0 radical (unpaired) electrons. The first-order valence-electron chi connectivity index (χ1n) is 10.2. The maximum Gasteiger partial charge on any atom is 0.303 e. The van der Waals surface area contributed by atoms with E-state index in [4.69, 9.17) is 14.6 Å². The zero-order valence-electron chi connectivity index (χ0n) is 18.0. The number of hydrogen-bond acceptors (Lipinski definition) is 5. The molecule has 0 aliphatic carbocycles. The molecule has 0 heterocycles. The van der Waals surface area contributed by atoms with Crippen LogP contribution in [0.2, 0.25) is 0 Å². The molecule has 3 rings (SSSR count). The first-order chi connectivity index (χ1) is 15.7. The summed E-state index contributed by atoms with van der Waals surface area (Å²) < 4.78 is 52.4. The summed E-state index contributed by atoms with van der Waals surface area (Å²) in [6.45, 7) is 2.08. The van der Waals surface area contributed by atoms with Gasteiger partial charge in [0.25, 0.3) is 10.0 Å². The van der Waals surface area contributed by atoms with Crippen LogP contribution in [-0.2, 0) is 21.2 Å².